The van der Waals surface area contributed by atoms with Crippen molar-refractivity contribution in [1.82, 2.24) is 15.0 Å². The summed E-state index contributed by atoms with van der Waals surface area (Å²) in [5.41, 5.74) is 8.03. The van der Waals surface area contributed by atoms with Crippen molar-refractivity contribution in [2.75, 3.05) is 18.0 Å². The van der Waals surface area contributed by atoms with Gasteiger partial charge in [0.25, 0.3) is 0 Å². The molecule has 1 heterocycles. The number of nitrogens with two attached hydrogens (primary N) is 1. The Morgan fingerprint density at radius 1 is 1.33 bits per heavy atom. The number of hydrogen-bond acceptors (Lipinski definition) is 4. The highest BCUT2D eigenvalue weighted by Crippen LogP contribution is 2.27. The van der Waals surface area contributed by atoms with Crippen LogP contribution in [-0.2, 0) is 7.05 Å². The molecule has 0 saturated heterocycles. The molecule has 0 spiro atoms. The van der Waals surface area contributed by atoms with Crippen LogP contribution in [0.3, 0.4) is 0 Å². The van der Waals surface area contributed by atoms with Crippen molar-refractivity contribution in [3.05, 3.63) is 36.0 Å². The van der Waals surface area contributed by atoms with Gasteiger partial charge in [0.1, 0.15) is 0 Å². The lowest BCUT2D eigenvalue weighted by atomic mass is 10.1. The number of rotatable bonds is 5. The highest BCUT2D eigenvalue weighted by Gasteiger charge is 2.14. The first kappa shape index (κ1) is 12.6. The van der Waals surface area contributed by atoms with Crippen LogP contribution in [0.25, 0.3) is 0 Å². The van der Waals surface area contributed by atoms with E-state index in [2.05, 4.69) is 34.3 Å². The smallest absolute Gasteiger partial charge is 0.151 e. The first-order valence-electron chi connectivity index (χ1n) is 6.12. The molecule has 0 aliphatic heterocycles. The van der Waals surface area contributed by atoms with Crippen LogP contribution in [0.2, 0.25) is 0 Å². The Balaban J connectivity index is 2.37. The lowest BCUT2D eigenvalue weighted by molar-refractivity contribution is 0.696. The molecule has 0 atom stereocenters. The third-order valence-corrected chi connectivity index (χ3v) is 2.96. The summed E-state index contributed by atoms with van der Waals surface area (Å²) in [6.07, 6.45) is 2.71. The maximum Gasteiger partial charge on any atom is 0.151 e. The van der Waals surface area contributed by atoms with Gasteiger partial charge in [-0.3, -0.25) is 0 Å². The third-order valence-electron chi connectivity index (χ3n) is 2.96. The summed E-state index contributed by atoms with van der Waals surface area (Å²) < 4.78 is 1.78. The van der Waals surface area contributed by atoms with Crippen molar-refractivity contribution in [2.45, 2.75) is 13.3 Å². The molecule has 5 heteroatoms. The van der Waals surface area contributed by atoms with Crippen molar-refractivity contribution >= 4 is 11.5 Å². The fourth-order valence-electron chi connectivity index (χ4n) is 2.00. The zero-order valence-corrected chi connectivity index (χ0v) is 10.9. The van der Waals surface area contributed by atoms with E-state index in [1.165, 1.54) is 11.3 Å². The predicted molar refractivity (Wildman–Crippen MR) is 72.9 cm³/mol. The van der Waals surface area contributed by atoms with E-state index >= 15 is 0 Å². The van der Waals surface area contributed by atoms with Gasteiger partial charge in [-0.25, -0.2) is 4.68 Å². The SMILES string of the molecule is Cc1ccccc1N(CCCN)c1cnnn1C. The first-order valence-corrected chi connectivity index (χ1v) is 6.12. The van der Waals surface area contributed by atoms with Crippen LogP contribution < -0.4 is 10.6 Å². The second-order valence-electron chi connectivity index (χ2n) is 4.30. The minimum Gasteiger partial charge on any atom is -0.330 e. The van der Waals surface area contributed by atoms with Gasteiger partial charge in [0.05, 0.1) is 6.20 Å². The average molecular weight is 245 g/mol. The summed E-state index contributed by atoms with van der Waals surface area (Å²) in [6, 6.07) is 8.30. The Morgan fingerprint density at radius 3 is 2.72 bits per heavy atom. The molecule has 0 aliphatic rings. The van der Waals surface area contributed by atoms with Crippen LogP contribution in [0.1, 0.15) is 12.0 Å². The van der Waals surface area contributed by atoms with E-state index in [4.69, 9.17) is 5.73 Å². The van der Waals surface area contributed by atoms with Gasteiger partial charge >= 0.3 is 0 Å². The van der Waals surface area contributed by atoms with Crippen molar-refractivity contribution in [2.24, 2.45) is 12.8 Å². The summed E-state index contributed by atoms with van der Waals surface area (Å²) >= 11 is 0. The highest BCUT2D eigenvalue weighted by atomic mass is 15.5. The van der Waals surface area contributed by atoms with Gasteiger partial charge in [0.2, 0.25) is 0 Å². The van der Waals surface area contributed by atoms with E-state index in [0.717, 1.165) is 18.8 Å². The summed E-state index contributed by atoms with van der Waals surface area (Å²) in [4.78, 5) is 2.21. The van der Waals surface area contributed by atoms with Crippen molar-refractivity contribution in [3.8, 4) is 0 Å². The van der Waals surface area contributed by atoms with Gasteiger partial charge in [-0.2, -0.15) is 0 Å². The van der Waals surface area contributed by atoms with E-state index in [-0.39, 0.29) is 0 Å². The minimum atomic E-state index is 0.674. The monoisotopic (exact) mass is 245 g/mol. The molecule has 0 radical (unpaired) electrons. The van der Waals surface area contributed by atoms with Crippen LogP contribution in [0.15, 0.2) is 30.5 Å². The molecule has 18 heavy (non-hydrogen) atoms. The Bertz CT molecular complexity index is 506. The van der Waals surface area contributed by atoms with E-state index < -0.39 is 0 Å². The molecule has 0 saturated carbocycles. The summed E-state index contributed by atoms with van der Waals surface area (Å²) in [5.74, 6) is 0.984. The molecule has 2 aromatic rings. The van der Waals surface area contributed by atoms with Gasteiger partial charge in [0, 0.05) is 19.3 Å². The lowest BCUT2D eigenvalue weighted by Gasteiger charge is -2.25. The normalized spacial score (nSPS) is 10.6. The van der Waals surface area contributed by atoms with Gasteiger partial charge < -0.3 is 10.6 Å². The topological polar surface area (TPSA) is 60.0 Å². The van der Waals surface area contributed by atoms with E-state index in [0.29, 0.717) is 6.54 Å². The van der Waals surface area contributed by atoms with Crippen molar-refractivity contribution in [1.29, 1.82) is 0 Å². The minimum absolute atomic E-state index is 0.674. The van der Waals surface area contributed by atoms with E-state index in [1.807, 2.05) is 19.2 Å². The van der Waals surface area contributed by atoms with Gasteiger partial charge in [-0.05, 0) is 31.5 Å². The number of nitrogens with zero attached hydrogens (tertiary/aromatic N) is 4. The third kappa shape index (κ3) is 2.51. The quantitative estimate of drug-likeness (QED) is 0.869. The molecule has 1 aromatic carbocycles. The standard InChI is InChI=1S/C13H19N5/c1-11-6-3-4-7-12(11)18(9-5-8-14)13-10-15-16-17(13)2/h3-4,6-7,10H,5,8-9,14H2,1-2H3. The molecular weight excluding hydrogens is 226 g/mol. The van der Waals surface area contributed by atoms with Crippen molar-refractivity contribution < 1.29 is 0 Å². The van der Waals surface area contributed by atoms with Gasteiger partial charge in [-0.1, -0.05) is 23.4 Å². The second-order valence-corrected chi connectivity index (χ2v) is 4.30. The average Bonchev–Trinajstić information content (AvgIpc) is 2.78. The number of aromatic nitrogens is 3. The van der Waals surface area contributed by atoms with Gasteiger partial charge in [-0.15, -0.1) is 5.10 Å². The molecule has 2 rings (SSSR count). The Hall–Kier alpha value is -1.88. The molecule has 0 bridgehead atoms. The second kappa shape index (κ2) is 5.64. The fraction of sp³-hybridized carbons (Fsp3) is 0.385. The zero-order valence-electron chi connectivity index (χ0n) is 10.9. The largest absolute Gasteiger partial charge is 0.330 e. The van der Waals surface area contributed by atoms with Gasteiger partial charge in [0.15, 0.2) is 5.82 Å². The fourth-order valence-corrected chi connectivity index (χ4v) is 2.00. The maximum absolute atomic E-state index is 5.62. The summed E-state index contributed by atoms with van der Waals surface area (Å²) in [6.45, 7) is 3.64. The van der Waals surface area contributed by atoms with Crippen LogP contribution in [0.4, 0.5) is 11.5 Å². The van der Waals surface area contributed by atoms with E-state index in [9.17, 15) is 0 Å². The Morgan fingerprint density at radius 2 is 2.11 bits per heavy atom. The number of para-hydroxylation sites is 1. The predicted octanol–water partition coefficient (Wildman–Crippen LogP) is 1.61. The van der Waals surface area contributed by atoms with Crippen molar-refractivity contribution in [3.63, 3.8) is 0 Å². The molecule has 2 N–H and O–H groups in total. The van der Waals surface area contributed by atoms with Crippen LogP contribution in [0, 0.1) is 6.92 Å². The highest BCUT2D eigenvalue weighted by molar-refractivity contribution is 5.63. The molecule has 0 unspecified atom stereocenters. The maximum atomic E-state index is 5.62. The number of hydrogen-bond donors (Lipinski definition) is 1. The van der Waals surface area contributed by atoms with Crippen LogP contribution in [-0.4, -0.2) is 28.1 Å². The molecule has 0 amide bonds. The van der Waals surface area contributed by atoms with Crippen LogP contribution >= 0.6 is 0 Å². The summed E-state index contributed by atoms with van der Waals surface area (Å²) in [7, 11) is 1.90. The number of benzene rings is 1. The molecule has 1 aromatic heterocycles. The first-order chi connectivity index (χ1) is 8.74. The summed E-state index contributed by atoms with van der Waals surface area (Å²) in [5, 5.41) is 7.94. The molecule has 96 valence electrons. The Kier molecular flexibility index (Phi) is 3.94. The van der Waals surface area contributed by atoms with E-state index in [1.54, 1.807) is 10.9 Å². The zero-order chi connectivity index (χ0) is 13.0. The number of aryl methyl sites for hydroxylation is 2. The Labute approximate surface area is 107 Å². The molecule has 0 aliphatic carbocycles. The lowest BCUT2D eigenvalue weighted by Crippen LogP contribution is -2.23. The van der Waals surface area contributed by atoms with Crippen LogP contribution in [0.5, 0.6) is 0 Å². The molecule has 5 nitrogen and oxygen atoms in total. The molecule has 0 fully saturated rings. The molecular formula is C13H19N5. The number of anilines is 2.